The van der Waals surface area contributed by atoms with E-state index < -0.39 is 0 Å². The fourth-order valence-electron chi connectivity index (χ4n) is 2.56. The number of aryl methyl sites for hydroxylation is 1. The van der Waals surface area contributed by atoms with Gasteiger partial charge in [-0.2, -0.15) is 0 Å². The number of nitrogens with zero attached hydrogens (tertiary/aromatic N) is 1. The predicted octanol–water partition coefficient (Wildman–Crippen LogP) is 3.06. The molecular weight excluding hydrogens is 266 g/mol. The Kier molecular flexibility index (Phi) is 4.06. The second-order valence-electron chi connectivity index (χ2n) is 5.18. The Morgan fingerprint density at radius 3 is 2.76 bits per heavy atom. The van der Waals surface area contributed by atoms with Crippen LogP contribution in [-0.2, 0) is 11.2 Å². The largest absolute Gasteiger partial charge is 0.459 e. The minimum Gasteiger partial charge on any atom is -0.459 e. The van der Waals surface area contributed by atoms with E-state index in [4.69, 9.17) is 9.15 Å². The van der Waals surface area contributed by atoms with Crippen molar-refractivity contribution in [1.82, 2.24) is 4.90 Å². The second-order valence-corrected chi connectivity index (χ2v) is 5.18. The standard InChI is InChI=1S/C17H19NO3/c1-2-13-5-7-14(8-6-13)16-12-18(9-11-21-16)17(19)15-4-3-10-20-15/h3-8,10,16H,2,9,11-12H2,1H3/t16-/m1/s1. The Balaban J connectivity index is 1.71. The highest BCUT2D eigenvalue weighted by Crippen LogP contribution is 2.23. The summed E-state index contributed by atoms with van der Waals surface area (Å²) in [5.74, 6) is 0.315. The molecule has 0 saturated carbocycles. The molecule has 0 aliphatic carbocycles. The van der Waals surface area contributed by atoms with Crippen LogP contribution >= 0.6 is 0 Å². The van der Waals surface area contributed by atoms with Gasteiger partial charge in [-0.3, -0.25) is 4.79 Å². The van der Waals surface area contributed by atoms with E-state index in [2.05, 4.69) is 31.2 Å². The lowest BCUT2D eigenvalue weighted by Crippen LogP contribution is -2.42. The highest BCUT2D eigenvalue weighted by molar-refractivity contribution is 5.91. The molecule has 0 N–H and O–H groups in total. The van der Waals surface area contributed by atoms with Crippen molar-refractivity contribution >= 4 is 5.91 Å². The maximum Gasteiger partial charge on any atom is 0.289 e. The first-order valence-corrected chi connectivity index (χ1v) is 7.31. The number of hydrogen-bond donors (Lipinski definition) is 0. The second kappa shape index (κ2) is 6.14. The normalized spacial score (nSPS) is 18.7. The van der Waals surface area contributed by atoms with Gasteiger partial charge in [-0.15, -0.1) is 0 Å². The van der Waals surface area contributed by atoms with Crippen LogP contribution in [0.5, 0.6) is 0 Å². The Bertz CT molecular complexity index is 589. The summed E-state index contributed by atoms with van der Waals surface area (Å²) in [6.45, 7) is 3.84. The zero-order valence-electron chi connectivity index (χ0n) is 12.1. The van der Waals surface area contributed by atoms with E-state index in [0.717, 1.165) is 12.0 Å². The molecule has 4 heteroatoms. The summed E-state index contributed by atoms with van der Waals surface area (Å²) in [7, 11) is 0. The number of morpholine rings is 1. The first-order chi connectivity index (χ1) is 10.3. The molecule has 1 amide bonds. The minimum absolute atomic E-state index is 0.0661. The maximum atomic E-state index is 12.3. The lowest BCUT2D eigenvalue weighted by molar-refractivity contribution is -0.0237. The third-order valence-corrected chi connectivity index (χ3v) is 3.85. The van der Waals surface area contributed by atoms with Gasteiger partial charge in [-0.25, -0.2) is 0 Å². The first-order valence-electron chi connectivity index (χ1n) is 7.31. The van der Waals surface area contributed by atoms with Crippen molar-refractivity contribution in [2.75, 3.05) is 19.7 Å². The van der Waals surface area contributed by atoms with E-state index in [-0.39, 0.29) is 12.0 Å². The van der Waals surface area contributed by atoms with E-state index in [1.54, 1.807) is 17.0 Å². The Hall–Kier alpha value is -2.07. The van der Waals surface area contributed by atoms with E-state index in [1.165, 1.54) is 11.8 Å². The van der Waals surface area contributed by atoms with Crippen molar-refractivity contribution in [3.63, 3.8) is 0 Å². The average molecular weight is 285 g/mol. The molecule has 0 bridgehead atoms. The van der Waals surface area contributed by atoms with E-state index in [9.17, 15) is 4.79 Å². The molecule has 2 heterocycles. The van der Waals surface area contributed by atoms with Crippen molar-refractivity contribution in [2.45, 2.75) is 19.4 Å². The molecule has 4 nitrogen and oxygen atoms in total. The molecule has 0 unspecified atom stereocenters. The zero-order valence-corrected chi connectivity index (χ0v) is 12.1. The maximum absolute atomic E-state index is 12.3. The van der Waals surface area contributed by atoms with E-state index in [1.807, 2.05) is 0 Å². The highest BCUT2D eigenvalue weighted by atomic mass is 16.5. The van der Waals surface area contributed by atoms with Crippen LogP contribution < -0.4 is 0 Å². The van der Waals surface area contributed by atoms with Crippen LogP contribution in [0.3, 0.4) is 0 Å². The number of ether oxygens (including phenoxy) is 1. The van der Waals surface area contributed by atoms with Crippen LogP contribution in [0.15, 0.2) is 47.1 Å². The summed E-state index contributed by atoms with van der Waals surface area (Å²) in [6, 6.07) is 11.8. The van der Waals surface area contributed by atoms with Gasteiger partial charge in [0.2, 0.25) is 0 Å². The van der Waals surface area contributed by atoms with Gasteiger partial charge in [-0.1, -0.05) is 31.2 Å². The average Bonchev–Trinajstić information content (AvgIpc) is 3.09. The topological polar surface area (TPSA) is 42.7 Å². The number of furan rings is 1. The number of rotatable bonds is 3. The monoisotopic (exact) mass is 285 g/mol. The minimum atomic E-state index is -0.0709. The molecule has 3 rings (SSSR count). The van der Waals surface area contributed by atoms with Gasteiger partial charge in [0.25, 0.3) is 5.91 Å². The number of carbonyl (C=O) groups is 1. The SMILES string of the molecule is CCc1ccc([C@H]2CN(C(=O)c3ccco3)CCO2)cc1. The van der Waals surface area contributed by atoms with Crippen molar-refractivity contribution in [1.29, 1.82) is 0 Å². The first kappa shape index (κ1) is 13.9. The van der Waals surface area contributed by atoms with Gasteiger partial charge in [0, 0.05) is 6.54 Å². The van der Waals surface area contributed by atoms with Crippen LogP contribution in [-0.4, -0.2) is 30.5 Å². The van der Waals surface area contributed by atoms with Crippen LogP contribution in [0.25, 0.3) is 0 Å². The molecule has 1 aromatic heterocycles. The molecule has 1 fully saturated rings. The lowest BCUT2D eigenvalue weighted by atomic mass is 10.0. The van der Waals surface area contributed by atoms with Gasteiger partial charge < -0.3 is 14.1 Å². The number of hydrogen-bond acceptors (Lipinski definition) is 3. The van der Waals surface area contributed by atoms with Crippen molar-refractivity contribution in [2.24, 2.45) is 0 Å². The smallest absolute Gasteiger partial charge is 0.289 e. The third-order valence-electron chi connectivity index (χ3n) is 3.85. The summed E-state index contributed by atoms with van der Waals surface area (Å²) >= 11 is 0. The van der Waals surface area contributed by atoms with Crippen LogP contribution in [0.4, 0.5) is 0 Å². The van der Waals surface area contributed by atoms with Crippen molar-refractivity contribution in [3.05, 3.63) is 59.5 Å². The quantitative estimate of drug-likeness (QED) is 0.870. The molecule has 1 aliphatic rings. The van der Waals surface area contributed by atoms with E-state index in [0.29, 0.717) is 25.5 Å². The van der Waals surface area contributed by atoms with Crippen molar-refractivity contribution < 1.29 is 13.9 Å². The molecule has 21 heavy (non-hydrogen) atoms. The van der Waals surface area contributed by atoms with Gasteiger partial charge in [0.1, 0.15) is 6.10 Å². The fraction of sp³-hybridized carbons (Fsp3) is 0.353. The number of amides is 1. The molecular formula is C17H19NO3. The summed E-state index contributed by atoms with van der Waals surface area (Å²) in [5.41, 5.74) is 2.42. The summed E-state index contributed by atoms with van der Waals surface area (Å²) in [5, 5.41) is 0. The highest BCUT2D eigenvalue weighted by Gasteiger charge is 2.27. The molecule has 1 atom stereocenters. The molecule has 1 aromatic carbocycles. The molecule has 1 saturated heterocycles. The van der Waals surface area contributed by atoms with Crippen LogP contribution in [0.1, 0.15) is 34.7 Å². The van der Waals surface area contributed by atoms with Gasteiger partial charge in [0.05, 0.1) is 19.4 Å². The molecule has 1 aliphatic heterocycles. The van der Waals surface area contributed by atoms with Gasteiger partial charge in [0.15, 0.2) is 5.76 Å². The number of benzene rings is 1. The van der Waals surface area contributed by atoms with Gasteiger partial charge in [-0.05, 0) is 29.7 Å². The molecule has 110 valence electrons. The summed E-state index contributed by atoms with van der Waals surface area (Å²) in [6.07, 6.45) is 2.48. The van der Waals surface area contributed by atoms with Crippen LogP contribution in [0.2, 0.25) is 0 Å². The Labute approximate surface area is 124 Å². The summed E-state index contributed by atoms with van der Waals surface area (Å²) < 4.78 is 11.0. The van der Waals surface area contributed by atoms with Gasteiger partial charge >= 0.3 is 0 Å². The Morgan fingerprint density at radius 2 is 2.10 bits per heavy atom. The lowest BCUT2D eigenvalue weighted by Gasteiger charge is -2.32. The zero-order chi connectivity index (χ0) is 14.7. The predicted molar refractivity (Wildman–Crippen MR) is 79.1 cm³/mol. The molecule has 0 spiro atoms. The van der Waals surface area contributed by atoms with E-state index >= 15 is 0 Å². The fourth-order valence-corrected chi connectivity index (χ4v) is 2.56. The van der Waals surface area contributed by atoms with Crippen LogP contribution in [0, 0.1) is 0 Å². The Morgan fingerprint density at radius 1 is 1.29 bits per heavy atom. The van der Waals surface area contributed by atoms with Crippen molar-refractivity contribution in [3.8, 4) is 0 Å². The third kappa shape index (κ3) is 3.00. The number of carbonyl (C=O) groups excluding carboxylic acids is 1. The molecule has 0 radical (unpaired) electrons. The molecule has 2 aromatic rings. The summed E-state index contributed by atoms with van der Waals surface area (Å²) in [4.78, 5) is 14.1.